The van der Waals surface area contributed by atoms with Crippen LogP contribution in [0.15, 0.2) is 12.4 Å². The summed E-state index contributed by atoms with van der Waals surface area (Å²) in [5.41, 5.74) is 0. The molecular weight excluding hydrogens is 242 g/mol. The molecule has 16 heavy (non-hydrogen) atoms. The van der Waals surface area contributed by atoms with E-state index in [9.17, 15) is 0 Å². The molecular formula is C11H16ClN3S. The van der Waals surface area contributed by atoms with E-state index < -0.39 is 0 Å². The molecule has 0 spiro atoms. The fraction of sp³-hybridized carbons (Fsp3) is 0.636. The number of hydrogen-bond acceptors (Lipinski definition) is 4. The van der Waals surface area contributed by atoms with Crippen molar-refractivity contribution < 1.29 is 0 Å². The molecule has 0 amide bonds. The zero-order valence-electron chi connectivity index (χ0n) is 9.37. The first-order valence-electron chi connectivity index (χ1n) is 5.51. The van der Waals surface area contributed by atoms with Crippen LogP contribution in [0.3, 0.4) is 0 Å². The summed E-state index contributed by atoms with van der Waals surface area (Å²) in [5, 5.41) is 3.88. The van der Waals surface area contributed by atoms with Gasteiger partial charge < -0.3 is 5.32 Å². The molecule has 0 aromatic carbocycles. The Balaban J connectivity index is 1.93. The molecule has 0 bridgehead atoms. The van der Waals surface area contributed by atoms with Crippen LogP contribution in [0.2, 0.25) is 5.02 Å². The number of nitrogens with zero attached hydrogens (tertiary/aromatic N) is 2. The van der Waals surface area contributed by atoms with Gasteiger partial charge in [0.05, 0.1) is 17.4 Å². The number of rotatable bonds is 4. The third kappa shape index (κ3) is 2.80. The molecule has 1 aliphatic carbocycles. The van der Waals surface area contributed by atoms with E-state index in [0.29, 0.717) is 15.7 Å². The molecule has 0 radical (unpaired) electrons. The molecule has 3 nitrogen and oxygen atoms in total. The van der Waals surface area contributed by atoms with Gasteiger partial charge in [0.2, 0.25) is 5.95 Å². The molecule has 2 rings (SSSR count). The van der Waals surface area contributed by atoms with Crippen LogP contribution in [-0.4, -0.2) is 27.5 Å². The normalized spacial score (nSPS) is 18.6. The van der Waals surface area contributed by atoms with E-state index in [2.05, 4.69) is 21.5 Å². The Morgan fingerprint density at radius 2 is 2.00 bits per heavy atom. The van der Waals surface area contributed by atoms with Crippen molar-refractivity contribution >= 4 is 29.3 Å². The lowest BCUT2D eigenvalue weighted by molar-refractivity contribution is 0.637. The molecule has 1 aliphatic rings. The van der Waals surface area contributed by atoms with Gasteiger partial charge in [-0.3, -0.25) is 0 Å². The molecule has 88 valence electrons. The molecule has 1 N–H and O–H groups in total. The van der Waals surface area contributed by atoms with E-state index in [1.165, 1.54) is 25.7 Å². The Bertz CT molecular complexity index is 336. The van der Waals surface area contributed by atoms with Crippen molar-refractivity contribution in [3.63, 3.8) is 0 Å². The van der Waals surface area contributed by atoms with Crippen molar-refractivity contribution in [2.45, 2.75) is 30.4 Å². The highest BCUT2D eigenvalue weighted by Gasteiger charge is 2.32. The Kier molecular flexibility index (Phi) is 3.92. The minimum Gasteiger partial charge on any atom is -0.353 e. The second-order valence-corrected chi connectivity index (χ2v) is 5.88. The summed E-state index contributed by atoms with van der Waals surface area (Å²) in [4.78, 5) is 8.28. The van der Waals surface area contributed by atoms with Gasteiger partial charge in [0.25, 0.3) is 0 Å². The topological polar surface area (TPSA) is 37.8 Å². The van der Waals surface area contributed by atoms with Crippen LogP contribution in [0.25, 0.3) is 0 Å². The Labute approximate surface area is 105 Å². The third-order valence-electron chi connectivity index (χ3n) is 3.14. The Hall–Kier alpha value is -0.480. The van der Waals surface area contributed by atoms with Crippen molar-refractivity contribution in [3.8, 4) is 0 Å². The molecule has 0 unspecified atom stereocenters. The number of thioether (sulfide) groups is 1. The fourth-order valence-electron chi connectivity index (χ4n) is 2.12. The van der Waals surface area contributed by atoms with Gasteiger partial charge in [0, 0.05) is 11.3 Å². The summed E-state index contributed by atoms with van der Waals surface area (Å²) in [6.07, 6.45) is 10.7. The molecule has 1 saturated carbocycles. The van der Waals surface area contributed by atoms with Crippen LogP contribution in [0, 0.1) is 0 Å². The standard InChI is InChI=1S/C11H16ClN3S/c1-16-11(4-2-3-5-11)8-15-10-13-6-9(12)7-14-10/h6-7H,2-5,8H2,1H3,(H,13,14,15). The van der Waals surface area contributed by atoms with Gasteiger partial charge in [-0.25, -0.2) is 9.97 Å². The fourth-order valence-corrected chi connectivity index (χ4v) is 3.13. The minimum absolute atomic E-state index is 0.378. The number of aromatic nitrogens is 2. The summed E-state index contributed by atoms with van der Waals surface area (Å²) in [6.45, 7) is 0.940. The lowest BCUT2D eigenvalue weighted by atomic mass is 10.1. The maximum absolute atomic E-state index is 5.74. The zero-order chi connectivity index (χ0) is 11.4. The summed E-state index contributed by atoms with van der Waals surface area (Å²) < 4.78 is 0.378. The summed E-state index contributed by atoms with van der Waals surface area (Å²) >= 11 is 7.69. The van der Waals surface area contributed by atoms with Crippen LogP contribution >= 0.6 is 23.4 Å². The lowest BCUT2D eigenvalue weighted by Gasteiger charge is -2.26. The molecule has 0 saturated heterocycles. The quantitative estimate of drug-likeness (QED) is 0.899. The molecule has 0 atom stereocenters. The number of nitrogens with one attached hydrogen (secondary N) is 1. The number of anilines is 1. The average Bonchev–Trinajstić information content (AvgIpc) is 2.78. The molecule has 5 heteroatoms. The first-order valence-corrected chi connectivity index (χ1v) is 7.11. The van der Waals surface area contributed by atoms with Gasteiger partial charge in [0.15, 0.2) is 0 Å². The van der Waals surface area contributed by atoms with Crippen molar-refractivity contribution in [2.24, 2.45) is 0 Å². The first kappa shape index (κ1) is 12.0. The lowest BCUT2D eigenvalue weighted by Crippen LogP contribution is -2.30. The van der Waals surface area contributed by atoms with Gasteiger partial charge in [-0.05, 0) is 19.1 Å². The van der Waals surface area contributed by atoms with Crippen molar-refractivity contribution in [1.29, 1.82) is 0 Å². The summed E-state index contributed by atoms with van der Waals surface area (Å²) in [7, 11) is 0. The second kappa shape index (κ2) is 5.23. The maximum atomic E-state index is 5.74. The molecule has 1 aromatic heterocycles. The van der Waals surface area contributed by atoms with E-state index in [0.717, 1.165) is 6.54 Å². The molecule has 0 aliphatic heterocycles. The van der Waals surface area contributed by atoms with E-state index in [4.69, 9.17) is 11.6 Å². The summed E-state index contributed by atoms with van der Waals surface area (Å²) in [5.74, 6) is 0.671. The highest BCUT2D eigenvalue weighted by molar-refractivity contribution is 8.00. The van der Waals surface area contributed by atoms with Gasteiger partial charge >= 0.3 is 0 Å². The van der Waals surface area contributed by atoms with E-state index in [1.807, 2.05) is 11.8 Å². The molecule has 1 fully saturated rings. The highest BCUT2D eigenvalue weighted by atomic mass is 35.5. The average molecular weight is 258 g/mol. The van der Waals surface area contributed by atoms with Crippen LogP contribution in [0.5, 0.6) is 0 Å². The Morgan fingerprint density at radius 1 is 1.38 bits per heavy atom. The van der Waals surface area contributed by atoms with Gasteiger partial charge in [0.1, 0.15) is 0 Å². The zero-order valence-corrected chi connectivity index (χ0v) is 10.9. The van der Waals surface area contributed by atoms with Crippen molar-refractivity contribution in [2.75, 3.05) is 18.1 Å². The van der Waals surface area contributed by atoms with Crippen LogP contribution in [0.4, 0.5) is 5.95 Å². The summed E-state index contributed by atoms with van der Waals surface area (Å²) in [6, 6.07) is 0. The van der Waals surface area contributed by atoms with Crippen LogP contribution < -0.4 is 5.32 Å². The van der Waals surface area contributed by atoms with Crippen molar-refractivity contribution in [1.82, 2.24) is 9.97 Å². The van der Waals surface area contributed by atoms with Gasteiger partial charge in [-0.15, -0.1) is 0 Å². The smallest absolute Gasteiger partial charge is 0.222 e. The maximum Gasteiger partial charge on any atom is 0.222 e. The van der Waals surface area contributed by atoms with E-state index in [-0.39, 0.29) is 0 Å². The number of halogens is 1. The van der Waals surface area contributed by atoms with E-state index in [1.54, 1.807) is 12.4 Å². The Morgan fingerprint density at radius 3 is 2.56 bits per heavy atom. The minimum atomic E-state index is 0.378. The predicted molar refractivity (Wildman–Crippen MR) is 70.2 cm³/mol. The monoisotopic (exact) mass is 257 g/mol. The van der Waals surface area contributed by atoms with Crippen LogP contribution in [0.1, 0.15) is 25.7 Å². The van der Waals surface area contributed by atoms with Gasteiger partial charge in [-0.2, -0.15) is 11.8 Å². The van der Waals surface area contributed by atoms with Gasteiger partial charge in [-0.1, -0.05) is 24.4 Å². The van der Waals surface area contributed by atoms with Crippen molar-refractivity contribution in [3.05, 3.63) is 17.4 Å². The number of hydrogen-bond donors (Lipinski definition) is 1. The SMILES string of the molecule is CSC1(CNc2ncc(Cl)cn2)CCCC1. The molecule has 1 heterocycles. The highest BCUT2D eigenvalue weighted by Crippen LogP contribution is 2.40. The largest absolute Gasteiger partial charge is 0.353 e. The third-order valence-corrected chi connectivity index (χ3v) is 4.75. The van der Waals surface area contributed by atoms with E-state index >= 15 is 0 Å². The molecule has 1 aromatic rings. The predicted octanol–water partition coefficient (Wildman–Crippen LogP) is 3.22. The van der Waals surface area contributed by atoms with Crippen LogP contribution in [-0.2, 0) is 0 Å². The second-order valence-electron chi connectivity index (χ2n) is 4.17. The first-order chi connectivity index (χ1) is 7.74.